The van der Waals surface area contributed by atoms with Gasteiger partial charge in [0.2, 0.25) is 0 Å². The third kappa shape index (κ3) is 3.26. The number of Topliss-reactive ketones (excluding diaryl/α,β-unsaturated/α-hetero) is 1. The molecule has 0 radical (unpaired) electrons. The first-order valence-electron chi connectivity index (χ1n) is 5.70. The fraction of sp³-hybridized carbons (Fsp3) is 0.133. The number of carbonyl (C=O) groups is 1. The van der Waals surface area contributed by atoms with Crippen molar-refractivity contribution in [1.29, 1.82) is 0 Å². The van der Waals surface area contributed by atoms with E-state index in [2.05, 4.69) is 15.9 Å². The molecule has 2 rings (SSSR count). The first-order chi connectivity index (χ1) is 8.97. The third-order valence-corrected chi connectivity index (χ3v) is 3.63. The van der Waals surface area contributed by atoms with Crippen LogP contribution in [0.5, 0.6) is 0 Å². The van der Waals surface area contributed by atoms with Crippen LogP contribution in [-0.2, 0) is 6.42 Å². The lowest BCUT2D eigenvalue weighted by Crippen LogP contribution is -2.05. The Labute approximate surface area is 118 Å². The summed E-state index contributed by atoms with van der Waals surface area (Å²) in [5, 5.41) is 0. The molecule has 19 heavy (non-hydrogen) atoms. The molecule has 0 saturated carbocycles. The smallest absolute Gasteiger partial charge is 0.167 e. The van der Waals surface area contributed by atoms with E-state index in [0.29, 0.717) is 21.2 Å². The monoisotopic (exact) mass is 324 g/mol. The summed E-state index contributed by atoms with van der Waals surface area (Å²) in [6.45, 7) is 1.63. The van der Waals surface area contributed by atoms with E-state index in [9.17, 15) is 13.6 Å². The molecule has 0 unspecified atom stereocenters. The van der Waals surface area contributed by atoms with Crippen LogP contribution in [0, 0.1) is 18.6 Å². The molecule has 0 heterocycles. The second-order valence-electron chi connectivity index (χ2n) is 4.30. The van der Waals surface area contributed by atoms with Gasteiger partial charge >= 0.3 is 0 Å². The van der Waals surface area contributed by atoms with Crippen LogP contribution in [0.3, 0.4) is 0 Å². The van der Waals surface area contributed by atoms with Gasteiger partial charge in [-0.3, -0.25) is 4.79 Å². The molecule has 2 aromatic rings. The fourth-order valence-electron chi connectivity index (χ4n) is 1.72. The molecule has 0 amide bonds. The van der Waals surface area contributed by atoms with E-state index >= 15 is 0 Å². The van der Waals surface area contributed by atoms with Crippen molar-refractivity contribution in [3.63, 3.8) is 0 Å². The first-order valence-corrected chi connectivity index (χ1v) is 6.50. The Morgan fingerprint density at radius 1 is 1.16 bits per heavy atom. The summed E-state index contributed by atoms with van der Waals surface area (Å²) in [7, 11) is 0. The van der Waals surface area contributed by atoms with Gasteiger partial charge < -0.3 is 0 Å². The van der Waals surface area contributed by atoms with Crippen LogP contribution >= 0.6 is 15.9 Å². The van der Waals surface area contributed by atoms with Crippen LogP contribution in [0.25, 0.3) is 0 Å². The van der Waals surface area contributed by atoms with Crippen molar-refractivity contribution in [1.82, 2.24) is 0 Å². The summed E-state index contributed by atoms with van der Waals surface area (Å²) < 4.78 is 27.2. The number of carbonyl (C=O) groups excluding carboxylic acids is 1. The molecule has 0 aliphatic carbocycles. The van der Waals surface area contributed by atoms with Crippen LogP contribution < -0.4 is 0 Å². The van der Waals surface area contributed by atoms with Gasteiger partial charge in [0, 0.05) is 16.5 Å². The molecule has 98 valence electrons. The molecule has 0 spiro atoms. The minimum atomic E-state index is -0.413. The number of hydrogen-bond acceptors (Lipinski definition) is 1. The van der Waals surface area contributed by atoms with Crippen molar-refractivity contribution in [2.24, 2.45) is 0 Å². The van der Waals surface area contributed by atoms with Gasteiger partial charge in [-0.05, 0) is 42.3 Å². The molecule has 0 fully saturated rings. The second kappa shape index (κ2) is 5.61. The van der Waals surface area contributed by atoms with E-state index < -0.39 is 11.6 Å². The van der Waals surface area contributed by atoms with E-state index in [1.807, 2.05) is 0 Å². The highest BCUT2D eigenvalue weighted by Gasteiger charge is 2.12. The molecule has 0 saturated heterocycles. The molecular formula is C15H11BrF2O. The Hall–Kier alpha value is -1.55. The van der Waals surface area contributed by atoms with Crippen LogP contribution in [-0.4, -0.2) is 5.78 Å². The molecule has 0 aliphatic rings. The highest BCUT2D eigenvalue weighted by molar-refractivity contribution is 9.10. The third-order valence-electron chi connectivity index (χ3n) is 2.85. The molecule has 0 N–H and O–H groups in total. The summed E-state index contributed by atoms with van der Waals surface area (Å²) in [6, 6.07) is 8.51. The highest BCUT2D eigenvalue weighted by atomic mass is 79.9. The van der Waals surface area contributed by atoms with Crippen LogP contribution in [0.1, 0.15) is 21.5 Å². The minimum Gasteiger partial charge on any atom is -0.294 e. The number of rotatable bonds is 3. The van der Waals surface area contributed by atoms with E-state index in [0.717, 1.165) is 0 Å². The van der Waals surface area contributed by atoms with Gasteiger partial charge in [-0.15, -0.1) is 0 Å². The van der Waals surface area contributed by atoms with Crippen molar-refractivity contribution in [3.8, 4) is 0 Å². The average Bonchev–Trinajstić information content (AvgIpc) is 2.37. The molecule has 1 nitrogen and oxygen atoms in total. The van der Waals surface area contributed by atoms with E-state index in [1.165, 1.54) is 18.2 Å². The zero-order valence-corrected chi connectivity index (χ0v) is 11.8. The summed E-state index contributed by atoms with van der Waals surface area (Å²) in [5.74, 6) is -1.06. The van der Waals surface area contributed by atoms with Gasteiger partial charge in [0.25, 0.3) is 0 Å². The molecule has 4 heteroatoms. The standard InChI is InChI=1S/C15H11BrF2O/c1-9-2-3-10(7-14(9)18)15(19)8-11-6-12(17)4-5-13(11)16/h2-7H,8H2,1H3. The Morgan fingerprint density at radius 2 is 1.89 bits per heavy atom. The van der Waals surface area contributed by atoms with Gasteiger partial charge in [-0.2, -0.15) is 0 Å². The normalized spacial score (nSPS) is 10.5. The Kier molecular flexibility index (Phi) is 4.10. The Morgan fingerprint density at radius 3 is 2.58 bits per heavy atom. The lowest BCUT2D eigenvalue weighted by Gasteiger charge is -2.05. The second-order valence-corrected chi connectivity index (χ2v) is 5.15. The molecule has 2 aromatic carbocycles. The minimum absolute atomic E-state index is 0.0286. The summed E-state index contributed by atoms with van der Waals surface area (Å²) in [4.78, 5) is 12.0. The molecule has 0 aromatic heterocycles. The topological polar surface area (TPSA) is 17.1 Å². The van der Waals surface area contributed by atoms with Gasteiger partial charge in [0.1, 0.15) is 11.6 Å². The fourth-order valence-corrected chi connectivity index (χ4v) is 2.11. The van der Waals surface area contributed by atoms with Crippen LogP contribution in [0.15, 0.2) is 40.9 Å². The first kappa shape index (κ1) is 13.9. The lowest BCUT2D eigenvalue weighted by molar-refractivity contribution is 0.0992. The maximum atomic E-state index is 13.4. The van der Waals surface area contributed by atoms with Gasteiger partial charge in [-0.1, -0.05) is 28.1 Å². The maximum absolute atomic E-state index is 13.4. The predicted molar refractivity (Wildman–Crippen MR) is 73.3 cm³/mol. The molecule has 0 atom stereocenters. The van der Waals surface area contributed by atoms with Crippen molar-refractivity contribution in [2.45, 2.75) is 13.3 Å². The number of hydrogen-bond donors (Lipinski definition) is 0. The maximum Gasteiger partial charge on any atom is 0.167 e. The number of halogens is 3. The number of aryl methyl sites for hydroxylation is 1. The molecule has 0 bridgehead atoms. The lowest BCUT2D eigenvalue weighted by atomic mass is 10.0. The van der Waals surface area contributed by atoms with Gasteiger partial charge in [0.15, 0.2) is 5.78 Å². The SMILES string of the molecule is Cc1ccc(C(=O)Cc2cc(F)ccc2Br)cc1F. The van der Waals surface area contributed by atoms with Crippen molar-refractivity contribution in [3.05, 3.63) is 69.2 Å². The highest BCUT2D eigenvalue weighted by Crippen LogP contribution is 2.20. The predicted octanol–water partition coefficient (Wildman–Crippen LogP) is 4.46. The van der Waals surface area contributed by atoms with Crippen LogP contribution in [0.4, 0.5) is 8.78 Å². The van der Waals surface area contributed by atoms with Crippen molar-refractivity contribution in [2.75, 3.05) is 0 Å². The van der Waals surface area contributed by atoms with Gasteiger partial charge in [0.05, 0.1) is 0 Å². The van der Waals surface area contributed by atoms with E-state index in [4.69, 9.17) is 0 Å². The quantitative estimate of drug-likeness (QED) is 0.762. The summed E-state index contributed by atoms with van der Waals surface area (Å²) in [5.41, 5.74) is 1.33. The molecular weight excluding hydrogens is 314 g/mol. The summed E-state index contributed by atoms with van der Waals surface area (Å²) >= 11 is 3.26. The average molecular weight is 325 g/mol. The number of ketones is 1. The zero-order chi connectivity index (χ0) is 14.0. The van der Waals surface area contributed by atoms with Crippen molar-refractivity contribution >= 4 is 21.7 Å². The van der Waals surface area contributed by atoms with Crippen molar-refractivity contribution < 1.29 is 13.6 Å². The van der Waals surface area contributed by atoms with E-state index in [1.54, 1.807) is 25.1 Å². The van der Waals surface area contributed by atoms with Gasteiger partial charge in [-0.25, -0.2) is 8.78 Å². The Balaban J connectivity index is 2.25. The number of benzene rings is 2. The zero-order valence-electron chi connectivity index (χ0n) is 10.2. The summed E-state index contributed by atoms with van der Waals surface area (Å²) in [6.07, 6.45) is 0.0286. The van der Waals surface area contributed by atoms with E-state index in [-0.39, 0.29) is 12.2 Å². The largest absolute Gasteiger partial charge is 0.294 e. The Bertz CT molecular complexity index is 638. The molecule has 0 aliphatic heterocycles. The van der Waals surface area contributed by atoms with Crippen LogP contribution in [0.2, 0.25) is 0 Å².